The first-order valence-electron chi connectivity index (χ1n) is 3.50. The monoisotopic (exact) mass is 180 g/mol. The lowest BCUT2D eigenvalue weighted by molar-refractivity contribution is -0.132. The van der Waals surface area contributed by atoms with Gasteiger partial charge in [-0.25, -0.2) is 0 Å². The zero-order valence-corrected chi connectivity index (χ0v) is 8.71. The topological polar surface area (TPSA) is 55.8 Å². The summed E-state index contributed by atoms with van der Waals surface area (Å²) in [4.78, 5) is 10.1. The van der Waals surface area contributed by atoms with Gasteiger partial charge in [0.2, 0.25) is 0 Å². The Morgan fingerprint density at radius 2 is 2.00 bits per heavy atom. The van der Waals surface area contributed by atoms with E-state index < -0.39 is 10.0 Å². The summed E-state index contributed by atoms with van der Waals surface area (Å²) in [6, 6.07) is 0. The van der Waals surface area contributed by atoms with Gasteiger partial charge in [-0.2, -0.15) is 0 Å². The van der Waals surface area contributed by atoms with Gasteiger partial charge >= 0.3 is 10.0 Å². The smallest absolute Gasteiger partial charge is 0.369 e. The summed E-state index contributed by atoms with van der Waals surface area (Å²) >= 11 is 0. The van der Waals surface area contributed by atoms with Gasteiger partial charge in [0.1, 0.15) is 0 Å². The Labute approximate surface area is 69.6 Å². The quantitative estimate of drug-likeness (QED) is 0.473. The van der Waals surface area contributed by atoms with E-state index >= 15 is 0 Å². The molecule has 11 heavy (non-hydrogen) atoms. The van der Waals surface area contributed by atoms with Crippen LogP contribution in [0.1, 0.15) is 20.8 Å². The molecule has 0 unspecified atom stereocenters. The average Bonchev–Trinajstić information content (AvgIpc) is 1.89. The molecule has 4 nitrogen and oxygen atoms in total. The summed E-state index contributed by atoms with van der Waals surface area (Å²) in [5.41, 5.74) is 0. The third-order valence-corrected chi connectivity index (χ3v) is 1.65. The van der Waals surface area contributed by atoms with Crippen molar-refractivity contribution in [3.63, 3.8) is 0 Å². The third-order valence-electron chi connectivity index (χ3n) is 0.550. The Morgan fingerprint density at radius 1 is 1.55 bits per heavy atom. The largest absolute Gasteiger partial charge is 0.499 e. The molecule has 0 aliphatic heterocycles. The molecule has 0 aliphatic rings. The molecule has 0 aromatic heterocycles. The lowest BCUT2D eigenvalue weighted by Gasteiger charge is -1.97. The average molecular weight is 180 g/mol. The fraction of sp³-hybridized carbons (Fsp3) is 0.833. The Hall–Kier alpha value is -0.393. The van der Waals surface area contributed by atoms with Crippen molar-refractivity contribution in [2.45, 2.75) is 20.8 Å². The van der Waals surface area contributed by atoms with Gasteiger partial charge in [-0.3, -0.25) is 4.79 Å². The highest BCUT2D eigenvalue weighted by atomic mass is 28.3. The molecule has 0 aliphatic carbocycles. The number of hydrogen-bond acceptors (Lipinski definition) is 4. The van der Waals surface area contributed by atoms with E-state index in [2.05, 4.69) is 4.43 Å². The molecule has 0 aromatic carbocycles. The van der Waals surface area contributed by atoms with Crippen LogP contribution in [0, 0.1) is 0 Å². The van der Waals surface area contributed by atoms with Gasteiger partial charge in [0, 0.05) is 20.1 Å². The minimum atomic E-state index is -0.986. The van der Waals surface area contributed by atoms with E-state index in [0.29, 0.717) is 6.61 Å². The van der Waals surface area contributed by atoms with E-state index in [1.807, 2.05) is 6.92 Å². The standard InChI is InChI=1S/C4H10O3Si.C2H6O/c1-3-6-8-7-4(2)5;1-2-3/h3,8H2,1-2H3;3H,2H2,1H3. The first-order chi connectivity index (χ1) is 5.18. The van der Waals surface area contributed by atoms with Crippen molar-refractivity contribution < 1.29 is 18.8 Å². The molecular weight excluding hydrogens is 164 g/mol. The van der Waals surface area contributed by atoms with Crippen molar-refractivity contribution in [3.8, 4) is 0 Å². The molecule has 0 saturated heterocycles. The lowest BCUT2D eigenvalue weighted by Crippen LogP contribution is -2.07. The predicted molar refractivity (Wildman–Crippen MR) is 44.7 cm³/mol. The number of rotatable bonds is 3. The number of hydrogen-bond donors (Lipinski definition) is 1. The van der Waals surface area contributed by atoms with Gasteiger partial charge < -0.3 is 14.0 Å². The molecular formula is C6H16O4Si. The van der Waals surface area contributed by atoms with Gasteiger partial charge in [-0.1, -0.05) is 0 Å². The molecule has 0 aromatic rings. The molecule has 0 heterocycles. The van der Waals surface area contributed by atoms with Gasteiger partial charge in [-0.15, -0.1) is 0 Å². The van der Waals surface area contributed by atoms with Crippen LogP contribution in [0.5, 0.6) is 0 Å². The van der Waals surface area contributed by atoms with Gasteiger partial charge in [0.05, 0.1) is 0 Å². The molecule has 68 valence electrons. The second-order valence-electron chi connectivity index (χ2n) is 1.56. The molecule has 0 saturated carbocycles. The molecule has 0 atom stereocenters. The molecule has 0 radical (unpaired) electrons. The van der Waals surface area contributed by atoms with Crippen LogP contribution >= 0.6 is 0 Å². The molecule has 0 spiro atoms. The van der Waals surface area contributed by atoms with Crippen molar-refractivity contribution in [2.75, 3.05) is 13.2 Å². The number of aliphatic hydroxyl groups excluding tert-OH is 1. The van der Waals surface area contributed by atoms with Gasteiger partial charge in [0.25, 0.3) is 5.97 Å². The van der Waals surface area contributed by atoms with Crippen LogP contribution in [0.25, 0.3) is 0 Å². The number of carbonyl (C=O) groups is 1. The van der Waals surface area contributed by atoms with E-state index in [-0.39, 0.29) is 12.6 Å². The Bertz CT molecular complexity index is 86.7. The summed E-state index contributed by atoms with van der Waals surface area (Å²) in [5.74, 6) is -0.245. The summed E-state index contributed by atoms with van der Waals surface area (Å²) < 4.78 is 9.40. The van der Waals surface area contributed by atoms with Gasteiger partial charge in [0.15, 0.2) is 0 Å². The Kier molecular flexibility index (Phi) is 14.8. The number of aliphatic hydroxyl groups is 1. The fourth-order valence-corrected chi connectivity index (χ4v) is 0.624. The minimum Gasteiger partial charge on any atom is -0.499 e. The predicted octanol–water partition coefficient (Wildman–Crippen LogP) is -0.417. The van der Waals surface area contributed by atoms with E-state index in [4.69, 9.17) is 9.53 Å². The van der Waals surface area contributed by atoms with Crippen LogP contribution in [-0.4, -0.2) is 34.3 Å². The maximum absolute atomic E-state index is 10.1. The molecule has 1 N–H and O–H groups in total. The molecule has 0 bridgehead atoms. The van der Waals surface area contributed by atoms with Crippen molar-refractivity contribution in [3.05, 3.63) is 0 Å². The maximum atomic E-state index is 10.1. The Morgan fingerprint density at radius 3 is 2.27 bits per heavy atom. The summed E-state index contributed by atoms with van der Waals surface area (Å²) in [7, 11) is -0.986. The van der Waals surface area contributed by atoms with Crippen LogP contribution < -0.4 is 0 Å². The highest BCUT2D eigenvalue weighted by Crippen LogP contribution is 1.73. The van der Waals surface area contributed by atoms with Crippen molar-refractivity contribution in [2.24, 2.45) is 0 Å². The molecule has 5 heteroatoms. The molecule has 0 amide bonds. The zero-order chi connectivity index (χ0) is 9.11. The van der Waals surface area contributed by atoms with Crippen molar-refractivity contribution >= 4 is 16.0 Å². The fourth-order valence-electron chi connectivity index (χ4n) is 0.208. The van der Waals surface area contributed by atoms with Crippen LogP contribution in [0.2, 0.25) is 0 Å². The van der Waals surface area contributed by atoms with Crippen molar-refractivity contribution in [1.29, 1.82) is 0 Å². The lowest BCUT2D eigenvalue weighted by atomic mass is 10.9. The number of carbonyl (C=O) groups excluding carboxylic acids is 1. The van der Waals surface area contributed by atoms with Crippen molar-refractivity contribution in [1.82, 2.24) is 0 Å². The second-order valence-corrected chi connectivity index (χ2v) is 2.50. The minimum absolute atomic E-state index is 0.245. The summed E-state index contributed by atoms with van der Waals surface area (Å²) in [6.45, 7) is 5.82. The summed E-state index contributed by atoms with van der Waals surface area (Å²) in [5, 5.41) is 7.57. The first kappa shape index (κ1) is 13.2. The van der Waals surface area contributed by atoms with E-state index in [1.165, 1.54) is 6.92 Å². The van der Waals surface area contributed by atoms with Crippen LogP contribution in [0.4, 0.5) is 0 Å². The highest BCUT2D eigenvalue weighted by molar-refractivity contribution is 6.22. The third kappa shape index (κ3) is 26.2. The van der Waals surface area contributed by atoms with Gasteiger partial charge in [-0.05, 0) is 13.8 Å². The molecule has 0 fully saturated rings. The second kappa shape index (κ2) is 12.3. The van der Waals surface area contributed by atoms with Crippen LogP contribution in [0.15, 0.2) is 0 Å². The van der Waals surface area contributed by atoms with Crippen LogP contribution in [0.3, 0.4) is 0 Å². The highest BCUT2D eigenvalue weighted by Gasteiger charge is 1.89. The molecule has 0 rings (SSSR count). The zero-order valence-electron chi connectivity index (χ0n) is 7.29. The normalized spacial score (nSPS) is 9.09. The Balaban J connectivity index is 0. The first-order valence-corrected chi connectivity index (χ1v) is 4.66. The van der Waals surface area contributed by atoms with E-state index in [0.717, 1.165) is 0 Å². The maximum Gasteiger partial charge on any atom is 0.369 e. The van der Waals surface area contributed by atoms with Crippen LogP contribution in [-0.2, 0) is 13.6 Å². The van der Waals surface area contributed by atoms with E-state index in [1.54, 1.807) is 6.92 Å². The SMILES string of the molecule is CCO.CCO[SiH2]OC(C)=O. The summed E-state index contributed by atoms with van der Waals surface area (Å²) in [6.07, 6.45) is 0. The van der Waals surface area contributed by atoms with E-state index in [9.17, 15) is 4.79 Å².